The number of rotatable bonds is 9. The van der Waals surface area contributed by atoms with Gasteiger partial charge in [-0.15, -0.1) is 0 Å². The van der Waals surface area contributed by atoms with Gasteiger partial charge in [-0.2, -0.15) is 16.8 Å². The van der Waals surface area contributed by atoms with E-state index in [1.165, 1.54) is 6.07 Å². The summed E-state index contributed by atoms with van der Waals surface area (Å²) in [6, 6.07) is 21.9. The third-order valence-corrected chi connectivity index (χ3v) is 10.7. The van der Waals surface area contributed by atoms with Crippen molar-refractivity contribution in [3.8, 4) is 0 Å². The van der Waals surface area contributed by atoms with Crippen LogP contribution in [0, 0.1) is 41.5 Å². The molecule has 8 N–H and O–H groups in total. The monoisotopic (exact) mass is 700 g/mol. The smallest absolute Gasteiger partial charge is 0.294 e. The van der Waals surface area contributed by atoms with Crippen LogP contribution in [0.2, 0.25) is 0 Å². The van der Waals surface area contributed by atoms with Crippen molar-refractivity contribution in [1.82, 2.24) is 0 Å². The minimum Gasteiger partial charge on any atom is -0.398 e. The fourth-order valence-electron chi connectivity index (χ4n) is 6.28. The Morgan fingerprint density at radius 3 is 1.33 bits per heavy atom. The topological polar surface area (TPSA) is 185 Å². The molecule has 0 saturated carbocycles. The number of hydrogen-bond donors (Lipinski definition) is 6. The molecular formula is C37H40N4O6S2. The molecule has 0 fully saturated rings. The molecule has 0 saturated heterocycles. The maximum Gasteiger partial charge on any atom is 0.294 e. The average molecular weight is 701 g/mol. The molecule has 0 atom stereocenters. The summed E-state index contributed by atoms with van der Waals surface area (Å²) in [5.41, 5.74) is 24.6. The van der Waals surface area contributed by atoms with Crippen LogP contribution in [0.4, 0.5) is 34.1 Å². The molecule has 0 aliphatic carbocycles. The summed E-state index contributed by atoms with van der Waals surface area (Å²) in [6.07, 6.45) is 0. The first-order valence-corrected chi connectivity index (χ1v) is 18.3. The van der Waals surface area contributed by atoms with Crippen molar-refractivity contribution in [2.24, 2.45) is 0 Å². The van der Waals surface area contributed by atoms with E-state index in [-0.39, 0.29) is 5.56 Å². The second-order valence-corrected chi connectivity index (χ2v) is 15.2. The van der Waals surface area contributed by atoms with E-state index in [4.69, 9.17) is 11.5 Å². The van der Waals surface area contributed by atoms with Crippen LogP contribution in [0.5, 0.6) is 0 Å². The van der Waals surface area contributed by atoms with Crippen molar-refractivity contribution in [3.05, 3.63) is 129 Å². The lowest BCUT2D eigenvalue weighted by molar-refractivity contribution is 0.480. The van der Waals surface area contributed by atoms with Crippen LogP contribution in [0.25, 0.3) is 0 Å². The summed E-state index contributed by atoms with van der Waals surface area (Å²) in [5, 5.41) is 6.87. The fourth-order valence-corrected chi connectivity index (χ4v) is 7.62. The molecule has 5 rings (SSSR count). The highest BCUT2D eigenvalue weighted by molar-refractivity contribution is 7.86. The van der Waals surface area contributed by atoms with E-state index in [1.807, 2.05) is 102 Å². The third kappa shape index (κ3) is 7.27. The van der Waals surface area contributed by atoms with Gasteiger partial charge < -0.3 is 22.1 Å². The first kappa shape index (κ1) is 35.4. The zero-order valence-corrected chi connectivity index (χ0v) is 29.7. The van der Waals surface area contributed by atoms with Gasteiger partial charge in [-0.05, 0) is 128 Å². The van der Waals surface area contributed by atoms with Gasteiger partial charge >= 0.3 is 0 Å². The standard InChI is InChI=1S/C37H40N4O6S2/c1-20-17-22(3)36(24(5)34(20)38)40-28-11-7-26(8-12-28)33(31-16-15-30(48(42,43)44)19-32(31)49(45,46)47)27-9-13-29(14-10-27)41-37-23(4)18-21(2)35(39)25(37)6/h7-19,33,40-41H,38-39H2,1-6H3,(H,42,43,44)(H,45,46,47). The number of nitrogen functional groups attached to an aromatic ring is 2. The maximum atomic E-state index is 12.7. The molecule has 12 heteroatoms. The van der Waals surface area contributed by atoms with Crippen molar-refractivity contribution in [2.45, 2.75) is 57.3 Å². The molecule has 0 aliphatic rings. The van der Waals surface area contributed by atoms with E-state index in [1.54, 1.807) is 0 Å². The Bertz CT molecular complexity index is 2190. The van der Waals surface area contributed by atoms with E-state index >= 15 is 0 Å². The quantitative estimate of drug-likeness (QED) is 0.0502. The lowest BCUT2D eigenvalue weighted by Crippen LogP contribution is -2.12. The number of benzene rings is 5. The van der Waals surface area contributed by atoms with Gasteiger partial charge in [-0.25, -0.2) is 0 Å². The van der Waals surface area contributed by atoms with Crippen LogP contribution in [-0.2, 0) is 20.2 Å². The summed E-state index contributed by atoms with van der Waals surface area (Å²) < 4.78 is 69.1. The summed E-state index contributed by atoms with van der Waals surface area (Å²) in [5.74, 6) is -0.771. The number of nitrogens with two attached hydrogens (primary N) is 2. The lowest BCUT2D eigenvalue weighted by Gasteiger charge is -2.23. The Balaban J connectivity index is 1.61. The minimum atomic E-state index is -4.93. The fraction of sp³-hybridized carbons (Fsp3) is 0.189. The second kappa shape index (κ2) is 13.2. The van der Waals surface area contributed by atoms with Gasteiger partial charge in [-0.1, -0.05) is 42.5 Å². The molecule has 0 unspecified atom stereocenters. The molecular weight excluding hydrogens is 661 g/mol. The predicted molar refractivity (Wildman–Crippen MR) is 197 cm³/mol. The predicted octanol–water partition coefficient (Wildman–Crippen LogP) is 7.86. The Morgan fingerprint density at radius 2 is 0.959 bits per heavy atom. The number of hydrogen-bond acceptors (Lipinski definition) is 8. The summed E-state index contributed by atoms with van der Waals surface area (Å²) in [7, 11) is -9.70. The maximum absolute atomic E-state index is 12.7. The van der Waals surface area contributed by atoms with Crippen LogP contribution in [0.15, 0.2) is 88.7 Å². The SMILES string of the molecule is Cc1cc(C)c(Nc2ccc(C(c3ccc(Nc4c(C)cc(C)c(N)c4C)cc3)c3ccc(S(=O)(=O)O)cc3S(=O)(=O)O)cc2)c(C)c1N. The van der Waals surface area contributed by atoms with E-state index in [2.05, 4.69) is 10.6 Å². The van der Waals surface area contributed by atoms with Crippen LogP contribution < -0.4 is 22.1 Å². The van der Waals surface area contributed by atoms with Crippen molar-refractivity contribution < 1.29 is 25.9 Å². The second-order valence-electron chi connectivity index (χ2n) is 12.4. The van der Waals surface area contributed by atoms with Crippen molar-refractivity contribution >= 4 is 54.4 Å². The lowest BCUT2D eigenvalue weighted by atomic mass is 9.85. The Labute approximate surface area is 287 Å². The molecule has 0 radical (unpaired) electrons. The molecule has 49 heavy (non-hydrogen) atoms. The zero-order valence-electron chi connectivity index (χ0n) is 28.1. The molecule has 5 aromatic rings. The van der Waals surface area contributed by atoms with E-state index in [0.717, 1.165) is 68.3 Å². The molecule has 0 bridgehead atoms. The number of aryl methyl sites for hydroxylation is 4. The van der Waals surface area contributed by atoms with Gasteiger partial charge in [0.25, 0.3) is 20.2 Å². The third-order valence-electron chi connectivity index (χ3n) is 8.96. The molecule has 0 aliphatic heterocycles. The minimum absolute atomic E-state index is 0.118. The Kier molecular flexibility index (Phi) is 9.55. The van der Waals surface area contributed by atoms with E-state index in [9.17, 15) is 25.9 Å². The van der Waals surface area contributed by atoms with Gasteiger partial charge in [0, 0.05) is 40.0 Å². The Hall–Kier alpha value is -4.88. The molecule has 0 heterocycles. The van der Waals surface area contributed by atoms with Crippen molar-refractivity contribution in [2.75, 3.05) is 22.1 Å². The highest BCUT2D eigenvalue weighted by Crippen LogP contribution is 2.39. The number of anilines is 6. The molecule has 0 amide bonds. The molecule has 0 aromatic heterocycles. The average Bonchev–Trinajstić information content (AvgIpc) is 3.03. The molecule has 10 nitrogen and oxygen atoms in total. The van der Waals surface area contributed by atoms with Crippen molar-refractivity contribution in [1.29, 1.82) is 0 Å². The summed E-state index contributed by atoms with van der Waals surface area (Å²) >= 11 is 0. The number of nitrogens with one attached hydrogen (secondary N) is 2. The van der Waals surface area contributed by atoms with Crippen LogP contribution >= 0.6 is 0 Å². The van der Waals surface area contributed by atoms with Gasteiger partial charge in [0.1, 0.15) is 0 Å². The van der Waals surface area contributed by atoms with Crippen LogP contribution in [-0.4, -0.2) is 25.9 Å². The van der Waals surface area contributed by atoms with Crippen molar-refractivity contribution in [3.63, 3.8) is 0 Å². The molecule has 0 spiro atoms. The van der Waals surface area contributed by atoms with Gasteiger partial charge in [-0.3, -0.25) is 9.11 Å². The molecule has 256 valence electrons. The normalized spacial score (nSPS) is 11.9. The molecule has 5 aromatic carbocycles. The van der Waals surface area contributed by atoms with Crippen LogP contribution in [0.1, 0.15) is 56.0 Å². The zero-order chi connectivity index (χ0) is 36.0. The van der Waals surface area contributed by atoms with E-state index < -0.39 is 35.9 Å². The first-order valence-electron chi connectivity index (χ1n) is 15.4. The summed E-state index contributed by atoms with van der Waals surface area (Å²) in [6.45, 7) is 11.8. The summed E-state index contributed by atoms with van der Waals surface area (Å²) in [4.78, 5) is -1.30. The van der Waals surface area contributed by atoms with Crippen LogP contribution in [0.3, 0.4) is 0 Å². The highest BCUT2D eigenvalue weighted by atomic mass is 32.2. The first-order chi connectivity index (χ1) is 22.9. The largest absolute Gasteiger partial charge is 0.398 e. The Morgan fingerprint density at radius 1 is 0.551 bits per heavy atom. The van der Waals surface area contributed by atoms with Gasteiger partial charge in [0.2, 0.25) is 0 Å². The highest BCUT2D eigenvalue weighted by Gasteiger charge is 2.27. The van der Waals surface area contributed by atoms with E-state index in [0.29, 0.717) is 22.5 Å². The van der Waals surface area contributed by atoms with Gasteiger partial charge in [0.05, 0.1) is 9.79 Å². The van der Waals surface area contributed by atoms with Gasteiger partial charge in [0.15, 0.2) is 0 Å².